The summed E-state index contributed by atoms with van der Waals surface area (Å²) in [7, 11) is -3.25. The van der Waals surface area contributed by atoms with Crippen molar-refractivity contribution in [2.75, 3.05) is 6.26 Å². The first-order valence-corrected chi connectivity index (χ1v) is 13.3. The fourth-order valence-electron chi connectivity index (χ4n) is 4.35. The van der Waals surface area contributed by atoms with Crippen molar-refractivity contribution in [1.82, 2.24) is 4.98 Å². The molecule has 0 aliphatic carbocycles. The molecule has 4 rings (SSSR count). The smallest absolute Gasteiger partial charge is 0.175 e. The molecule has 1 aromatic heterocycles. The van der Waals surface area contributed by atoms with Gasteiger partial charge in [-0.15, -0.1) is 0 Å². The van der Waals surface area contributed by atoms with Crippen LogP contribution in [0.25, 0.3) is 11.1 Å². The van der Waals surface area contributed by atoms with Gasteiger partial charge in [0.2, 0.25) is 0 Å². The second-order valence-electron chi connectivity index (χ2n) is 8.77. The second kappa shape index (κ2) is 10.2. The van der Waals surface area contributed by atoms with Gasteiger partial charge in [-0.05, 0) is 65.9 Å². The summed E-state index contributed by atoms with van der Waals surface area (Å²) in [5.41, 5.74) is 7.60. The Hall–Kier alpha value is -3.77. The van der Waals surface area contributed by atoms with Crippen LogP contribution in [0.15, 0.2) is 101 Å². The van der Waals surface area contributed by atoms with Crippen molar-refractivity contribution < 1.29 is 13.6 Å². The van der Waals surface area contributed by atoms with Crippen LogP contribution in [0.2, 0.25) is 0 Å². The molecule has 0 amide bonds. The molecule has 0 fully saturated rings. The van der Waals surface area contributed by atoms with Gasteiger partial charge >= 0.3 is 0 Å². The normalized spacial score (nSPS) is 12.9. The molecule has 0 bridgehead atoms. The summed E-state index contributed by atoms with van der Waals surface area (Å²) in [5, 5.41) is 13.6. The van der Waals surface area contributed by atoms with Crippen LogP contribution in [0, 0.1) is 13.8 Å². The molecule has 0 saturated carbocycles. The molecule has 1 N–H and O–H groups in total. The van der Waals surface area contributed by atoms with E-state index in [1.54, 1.807) is 18.3 Å². The van der Waals surface area contributed by atoms with E-state index in [0.717, 1.165) is 39.1 Å². The van der Waals surface area contributed by atoms with Crippen LogP contribution < -0.4 is 0 Å². The Balaban J connectivity index is 1.76. The van der Waals surface area contributed by atoms with Gasteiger partial charge in [-0.25, -0.2) is 8.42 Å². The molecule has 1 atom stereocenters. The van der Waals surface area contributed by atoms with Gasteiger partial charge in [0.1, 0.15) is 0 Å². The summed E-state index contributed by atoms with van der Waals surface area (Å²) in [6.45, 7) is 4.00. The predicted molar refractivity (Wildman–Crippen MR) is 140 cm³/mol. The van der Waals surface area contributed by atoms with Gasteiger partial charge in [0.05, 0.1) is 10.6 Å². The minimum absolute atomic E-state index is 0.0502. The molecular weight excluding hydrogens is 456 g/mol. The summed E-state index contributed by atoms with van der Waals surface area (Å²) < 4.78 is 23.7. The van der Waals surface area contributed by atoms with E-state index in [1.165, 1.54) is 6.26 Å². The van der Waals surface area contributed by atoms with Gasteiger partial charge in [-0.3, -0.25) is 4.98 Å². The Kier molecular flexibility index (Phi) is 7.12. The third kappa shape index (κ3) is 5.66. The SMILES string of the molecule is Cc1cc(C(CC(c2cccc(-c3ccc(S(C)(=O)=O)cc3)c2)c2ccccc2C)=NO)ccn1. The number of nitrogens with zero attached hydrogens (tertiary/aromatic N) is 2. The first-order chi connectivity index (χ1) is 16.8. The van der Waals surface area contributed by atoms with E-state index in [-0.39, 0.29) is 5.92 Å². The van der Waals surface area contributed by atoms with Crippen molar-refractivity contribution >= 4 is 15.5 Å². The fraction of sp³-hybridized carbons (Fsp3) is 0.172. The highest BCUT2D eigenvalue weighted by molar-refractivity contribution is 7.90. The van der Waals surface area contributed by atoms with E-state index >= 15 is 0 Å². The monoisotopic (exact) mass is 484 g/mol. The molecule has 0 aliphatic rings. The second-order valence-corrected chi connectivity index (χ2v) is 10.8. The molecule has 1 unspecified atom stereocenters. The summed E-state index contributed by atoms with van der Waals surface area (Å²) in [5.74, 6) is -0.0502. The topological polar surface area (TPSA) is 79.6 Å². The lowest BCUT2D eigenvalue weighted by molar-refractivity contribution is 0.317. The zero-order chi connectivity index (χ0) is 25.0. The summed E-state index contributed by atoms with van der Waals surface area (Å²) in [4.78, 5) is 4.56. The Morgan fingerprint density at radius 2 is 1.66 bits per heavy atom. The molecule has 178 valence electrons. The van der Waals surface area contributed by atoms with E-state index in [2.05, 4.69) is 41.3 Å². The highest BCUT2D eigenvalue weighted by Crippen LogP contribution is 2.34. The van der Waals surface area contributed by atoms with Crippen LogP contribution >= 0.6 is 0 Å². The quantitative estimate of drug-likeness (QED) is 0.193. The molecule has 5 nitrogen and oxygen atoms in total. The van der Waals surface area contributed by atoms with Gasteiger partial charge in [0.25, 0.3) is 0 Å². The third-order valence-corrected chi connectivity index (χ3v) is 7.35. The van der Waals surface area contributed by atoms with Crippen LogP contribution in [-0.2, 0) is 9.84 Å². The minimum Gasteiger partial charge on any atom is -0.411 e. The Labute approximate surface area is 206 Å². The van der Waals surface area contributed by atoms with Gasteiger partial charge in [-0.1, -0.05) is 65.8 Å². The van der Waals surface area contributed by atoms with Crippen molar-refractivity contribution in [2.24, 2.45) is 5.16 Å². The maximum absolute atomic E-state index is 11.8. The third-order valence-electron chi connectivity index (χ3n) is 6.22. The molecule has 0 aliphatic heterocycles. The van der Waals surface area contributed by atoms with Crippen LogP contribution in [0.1, 0.15) is 40.3 Å². The number of oxime groups is 1. The number of aryl methyl sites for hydroxylation is 2. The van der Waals surface area contributed by atoms with Crippen molar-refractivity contribution in [3.63, 3.8) is 0 Å². The number of hydrogen-bond donors (Lipinski definition) is 1. The molecular formula is C29H28N2O3S. The Morgan fingerprint density at radius 3 is 2.31 bits per heavy atom. The molecule has 6 heteroatoms. The van der Waals surface area contributed by atoms with Crippen LogP contribution in [0.4, 0.5) is 0 Å². The molecule has 1 heterocycles. The summed E-state index contributed by atoms with van der Waals surface area (Å²) in [6.07, 6.45) is 3.43. The van der Waals surface area contributed by atoms with E-state index in [0.29, 0.717) is 17.0 Å². The summed E-state index contributed by atoms with van der Waals surface area (Å²) in [6, 6.07) is 27.2. The zero-order valence-electron chi connectivity index (χ0n) is 20.0. The van der Waals surface area contributed by atoms with Crippen molar-refractivity contribution in [1.29, 1.82) is 0 Å². The fourth-order valence-corrected chi connectivity index (χ4v) is 4.98. The molecule has 0 spiro atoms. The van der Waals surface area contributed by atoms with Gasteiger partial charge in [0.15, 0.2) is 9.84 Å². The Bertz CT molecular complexity index is 1480. The lowest BCUT2D eigenvalue weighted by Gasteiger charge is -2.22. The molecule has 0 saturated heterocycles. The van der Waals surface area contributed by atoms with Gasteiger partial charge in [0, 0.05) is 36.0 Å². The minimum atomic E-state index is -3.25. The lowest BCUT2D eigenvalue weighted by atomic mass is 9.82. The molecule has 0 radical (unpaired) electrons. The summed E-state index contributed by atoms with van der Waals surface area (Å²) >= 11 is 0. The largest absolute Gasteiger partial charge is 0.411 e. The van der Waals surface area contributed by atoms with Crippen LogP contribution in [-0.4, -0.2) is 30.6 Å². The van der Waals surface area contributed by atoms with E-state index in [9.17, 15) is 13.6 Å². The van der Waals surface area contributed by atoms with Crippen LogP contribution in [0.3, 0.4) is 0 Å². The average Bonchev–Trinajstić information content (AvgIpc) is 2.85. The first-order valence-electron chi connectivity index (χ1n) is 11.4. The number of benzene rings is 3. The molecule has 4 aromatic rings. The number of pyridine rings is 1. The van der Waals surface area contributed by atoms with Crippen molar-refractivity contribution in [3.05, 3.63) is 119 Å². The highest BCUT2D eigenvalue weighted by Gasteiger charge is 2.21. The maximum Gasteiger partial charge on any atom is 0.175 e. The highest BCUT2D eigenvalue weighted by atomic mass is 32.2. The van der Waals surface area contributed by atoms with E-state index in [1.807, 2.05) is 55.5 Å². The zero-order valence-corrected chi connectivity index (χ0v) is 20.8. The standard InChI is InChI=1S/C29H28N2O3S/c1-20-7-4-5-10-27(20)28(19-29(31-32)25-15-16-30-21(2)17-25)24-9-6-8-23(18-24)22-11-13-26(14-12-22)35(3,33)34/h4-18,28,32H,19H2,1-3H3. The van der Waals surface area contributed by atoms with E-state index in [4.69, 9.17) is 0 Å². The first kappa shape index (κ1) is 24.4. The van der Waals surface area contributed by atoms with Gasteiger partial charge < -0.3 is 5.21 Å². The lowest BCUT2D eigenvalue weighted by Crippen LogP contribution is -2.12. The van der Waals surface area contributed by atoms with Crippen molar-refractivity contribution in [3.8, 4) is 11.1 Å². The van der Waals surface area contributed by atoms with Crippen LogP contribution in [0.5, 0.6) is 0 Å². The predicted octanol–water partition coefficient (Wildman–Crippen LogP) is 6.17. The van der Waals surface area contributed by atoms with Gasteiger partial charge in [-0.2, -0.15) is 0 Å². The molecule has 3 aromatic carbocycles. The Morgan fingerprint density at radius 1 is 0.914 bits per heavy atom. The average molecular weight is 485 g/mol. The van der Waals surface area contributed by atoms with Crippen molar-refractivity contribution in [2.45, 2.75) is 31.1 Å². The number of sulfone groups is 1. The van der Waals surface area contributed by atoms with E-state index < -0.39 is 9.84 Å². The number of hydrogen-bond acceptors (Lipinski definition) is 5. The number of aromatic nitrogens is 1. The molecule has 35 heavy (non-hydrogen) atoms. The maximum atomic E-state index is 11.8. The number of rotatable bonds is 7.